The van der Waals surface area contributed by atoms with Crippen LogP contribution < -0.4 is 10.6 Å². The van der Waals surface area contributed by atoms with E-state index in [4.69, 9.17) is 10.5 Å². The molecule has 1 aromatic rings. The van der Waals surface area contributed by atoms with E-state index < -0.39 is 0 Å². The minimum Gasteiger partial charge on any atom is -0.380 e. The zero-order valence-corrected chi connectivity index (χ0v) is 12.0. The third-order valence-corrected chi connectivity index (χ3v) is 4.41. The molecule has 1 aliphatic rings. The highest BCUT2D eigenvalue weighted by Crippen LogP contribution is 2.32. The fraction of sp³-hybridized carbons (Fsp3) is 0.571. The predicted octanol–water partition coefficient (Wildman–Crippen LogP) is 2.48. The maximum atomic E-state index is 5.95. The van der Waals surface area contributed by atoms with Crippen molar-refractivity contribution in [1.29, 1.82) is 0 Å². The normalized spacial score (nSPS) is 19.5. The van der Waals surface area contributed by atoms with Crippen molar-refractivity contribution in [3.05, 3.63) is 23.8 Å². The van der Waals surface area contributed by atoms with Gasteiger partial charge in [-0.05, 0) is 24.3 Å². The van der Waals surface area contributed by atoms with E-state index >= 15 is 0 Å². The largest absolute Gasteiger partial charge is 0.380 e. The lowest BCUT2D eigenvalue weighted by atomic mass is 10.1. The number of rotatable bonds is 5. The molecule has 0 radical (unpaired) electrons. The van der Waals surface area contributed by atoms with E-state index in [9.17, 15) is 0 Å². The van der Waals surface area contributed by atoms with E-state index in [1.54, 1.807) is 7.11 Å². The SMILES string of the molecule is CCSc1cccc(N2CCC(OC)C2)c1CN. The fourth-order valence-corrected chi connectivity index (χ4v) is 3.33. The van der Waals surface area contributed by atoms with Gasteiger partial charge in [-0.2, -0.15) is 0 Å². The first-order chi connectivity index (χ1) is 8.80. The molecule has 3 nitrogen and oxygen atoms in total. The third-order valence-electron chi connectivity index (χ3n) is 3.43. The van der Waals surface area contributed by atoms with Crippen molar-refractivity contribution in [3.8, 4) is 0 Å². The van der Waals surface area contributed by atoms with Gasteiger partial charge in [0.05, 0.1) is 6.10 Å². The molecule has 18 heavy (non-hydrogen) atoms. The van der Waals surface area contributed by atoms with Crippen molar-refractivity contribution >= 4 is 17.4 Å². The number of hydrogen-bond acceptors (Lipinski definition) is 4. The van der Waals surface area contributed by atoms with Crippen LogP contribution >= 0.6 is 11.8 Å². The van der Waals surface area contributed by atoms with Crippen molar-refractivity contribution < 1.29 is 4.74 Å². The molecular formula is C14H22N2OS. The molecule has 0 bridgehead atoms. The number of benzene rings is 1. The van der Waals surface area contributed by atoms with Crippen molar-refractivity contribution in [2.24, 2.45) is 5.73 Å². The zero-order chi connectivity index (χ0) is 13.0. The Balaban J connectivity index is 2.24. The van der Waals surface area contributed by atoms with Gasteiger partial charge in [0.15, 0.2) is 0 Å². The van der Waals surface area contributed by atoms with Crippen LogP contribution in [0.15, 0.2) is 23.1 Å². The third kappa shape index (κ3) is 2.82. The molecule has 0 saturated carbocycles. The van der Waals surface area contributed by atoms with Crippen LogP contribution in [0.25, 0.3) is 0 Å². The number of nitrogens with zero attached hydrogens (tertiary/aromatic N) is 1. The van der Waals surface area contributed by atoms with Gasteiger partial charge in [-0.1, -0.05) is 13.0 Å². The van der Waals surface area contributed by atoms with Crippen molar-refractivity contribution in [2.75, 3.05) is 30.9 Å². The van der Waals surface area contributed by atoms with Crippen molar-refractivity contribution in [2.45, 2.75) is 30.9 Å². The number of hydrogen-bond donors (Lipinski definition) is 1. The fourth-order valence-electron chi connectivity index (χ4n) is 2.49. The maximum absolute atomic E-state index is 5.95. The lowest BCUT2D eigenvalue weighted by Gasteiger charge is -2.23. The molecule has 0 amide bonds. The Hall–Kier alpha value is -0.710. The highest BCUT2D eigenvalue weighted by Gasteiger charge is 2.24. The van der Waals surface area contributed by atoms with Crippen molar-refractivity contribution in [3.63, 3.8) is 0 Å². The standard InChI is InChI=1S/C14H22N2OS/c1-3-18-14-6-4-5-13(12(14)9-15)16-8-7-11(10-16)17-2/h4-6,11H,3,7-10,15H2,1-2H3. The second-order valence-electron chi connectivity index (χ2n) is 4.48. The Bertz CT molecular complexity index is 397. The van der Waals surface area contributed by atoms with Gasteiger partial charge in [-0.3, -0.25) is 0 Å². The van der Waals surface area contributed by atoms with E-state index in [-0.39, 0.29) is 0 Å². The van der Waals surface area contributed by atoms with Crippen LogP contribution in [-0.4, -0.2) is 32.1 Å². The zero-order valence-electron chi connectivity index (χ0n) is 11.2. The molecule has 1 saturated heterocycles. The van der Waals surface area contributed by atoms with Crippen LogP contribution in [0.3, 0.4) is 0 Å². The molecule has 1 atom stereocenters. The van der Waals surface area contributed by atoms with E-state index in [0.29, 0.717) is 12.6 Å². The van der Waals surface area contributed by atoms with Gasteiger partial charge in [0.1, 0.15) is 0 Å². The quantitative estimate of drug-likeness (QED) is 0.831. The minimum atomic E-state index is 0.359. The average molecular weight is 266 g/mol. The summed E-state index contributed by atoms with van der Waals surface area (Å²) in [6.45, 7) is 4.82. The smallest absolute Gasteiger partial charge is 0.0762 e. The molecule has 0 aliphatic carbocycles. The molecule has 2 N–H and O–H groups in total. The first-order valence-corrected chi connectivity index (χ1v) is 7.51. The Labute approximate surface area is 114 Å². The Morgan fingerprint density at radius 1 is 1.50 bits per heavy atom. The number of anilines is 1. The number of methoxy groups -OCH3 is 1. The van der Waals surface area contributed by atoms with Gasteiger partial charge < -0.3 is 15.4 Å². The van der Waals surface area contributed by atoms with E-state index in [1.165, 1.54) is 16.1 Å². The van der Waals surface area contributed by atoms with Crippen LogP contribution in [-0.2, 0) is 11.3 Å². The summed E-state index contributed by atoms with van der Waals surface area (Å²) in [7, 11) is 1.79. The van der Waals surface area contributed by atoms with Gasteiger partial charge in [-0.25, -0.2) is 0 Å². The van der Waals surface area contributed by atoms with E-state index in [0.717, 1.165) is 25.3 Å². The predicted molar refractivity (Wildman–Crippen MR) is 78.4 cm³/mol. The Morgan fingerprint density at radius 3 is 2.94 bits per heavy atom. The van der Waals surface area contributed by atoms with Gasteiger partial charge in [0, 0.05) is 42.9 Å². The molecule has 4 heteroatoms. The van der Waals surface area contributed by atoms with Crippen LogP contribution in [0.1, 0.15) is 18.9 Å². The summed E-state index contributed by atoms with van der Waals surface area (Å²) in [5.74, 6) is 1.08. The summed E-state index contributed by atoms with van der Waals surface area (Å²) < 4.78 is 5.44. The first kappa shape index (κ1) is 13.7. The minimum absolute atomic E-state index is 0.359. The number of thioether (sulfide) groups is 1. The summed E-state index contributed by atoms with van der Waals surface area (Å²) in [6.07, 6.45) is 1.46. The van der Waals surface area contributed by atoms with Gasteiger partial charge in [0.25, 0.3) is 0 Å². The monoisotopic (exact) mass is 266 g/mol. The summed E-state index contributed by atoms with van der Waals surface area (Å²) in [6, 6.07) is 6.48. The lowest BCUT2D eigenvalue weighted by Crippen LogP contribution is -2.24. The van der Waals surface area contributed by atoms with Crippen LogP contribution in [0, 0.1) is 0 Å². The molecule has 0 spiro atoms. The summed E-state index contributed by atoms with van der Waals surface area (Å²) in [4.78, 5) is 3.72. The lowest BCUT2D eigenvalue weighted by molar-refractivity contribution is 0.121. The number of nitrogens with two attached hydrogens (primary N) is 1. The van der Waals surface area contributed by atoms with E-state index in [2.05, 4.69) is 30.0 Å². The molecule has 1 heterocycles. The molecular weight excluding hydrogens is 244 g/mol. The maximum Gasteiger partial charge on any atom is 0.0762 e. The summed E-state index contributed by atoms with van der Waals surface area (Å²) in [5.41, 5.74) is 8.51. The highest BCUT2D eigenvalue weighted by molar-refractivity contribution is 7.99. The molecule has 0 aromatic heterocycles. The molecule has 1 unspecified atom stereocenters. The average Bonchev–Trinajstić information content (AvgIpc) is 2.87. The highest BCUT2D eigenvalue weighted by atomic mass is 32.2. The molecule has 1 aliphatic heterocycles. The molecule has 1 aromatic carbocycles. The van der Waals surface area contributed by atoms with Crippen LogP contribution in [0.4, 0.5) is 5.69 Å². The Kier molecular flexibility index (Phi) is 4.92. The molecule has 1 fully saturated rings. The first-order valence-electron chi connectivity index (χ1n) is 6.52. The van der Waals surface area contributed by atoms with Crippen LogP contribution in [0.5, 0.6) is 0 Å². The number of ether oxygens (including phenoxy) is 1. The van der Waals surface area contributed by atoms with Crippen molar-refractivity contribution in [1.82, 2.24) is 0 Å². The second kappa shape index (κ2) is 6.45. The topological polar surface area (TPSA) is 38.5 Å². The molecule has 2 rings (SSSR count). The second-order valence-corrected chi connectivity index (χ2v) is 5.79. The van der Waals surface area contributed by atoms with E-state index in [1.807, 2.05) is 11.8 Å². The summed E-state index contributed by atoms with van der Waals surface area (Å²) in [5, 5.41) is 0. The molecule has 100 valence electrons. The Morgan fingerprint density at radius 2 is 2.33 bits per heavy atom. The van der Waals surface area contributed by atoms with Crippen LogP contribution in [0.2, 0.25) is 0 Å². The summed E-state index contributed by atoms with van der Waals surface area (Å²) >= 11 is 1.87. The van der Waals surface area contributed by atoms with Gasteiger partial charge in [0.2, 0.25) is 0 Å². The van der Waals surface area contributed by atoms with Gasteiger partial charge in [-0.15, -0.1) is 11.8 Å². The van der Waals surface area contributed by atoms with Gasteiger partial charge >= 0.3 is 0 Å².